The third-order valence-electron chi connectivity index (χ3n) is 4.92. The number of likely N-dealkylation sites (tertiary alicyclic amines) is 1. The molecule has 5 nitrogen and oxygen atoms in total. The van der Waals surface area contributed by atoms with Crippen LogP contribution < -0.4 is 5.32 Å². The summed E-state index contributed by atoms with van der Waals surface area (Å²) in [5.41, 5.74) is 1.00. The first-order valence-corrected chi connectivity index (χ1v) is 9.10. The molecule has 1 aromatic carbocycles. The lowest BCUT2D eigenvalue weighted by atomic mass is 9.99. The molecule has 1 amide bonds. The molecule has 1 aliphatic heterocycles. The molecule has 0 radical (unpaired) electrons. The van der Waals surface area contributed by atoms with Crippen LogP contribution in [0.1, 0.15) is 45.5 Å². The summed E-state index contributed by atoms with van der Waals surface area (Å²) in [7, 11) is 0. The Labute approximate surface area is 149 Å². The Bertz CT molecular complexity index is 690. The number of piperidine rings is 1. The van der Waals surface area contributed by atoms with Gasteiger partial charge in [-0.25, -0.2) is 4.98 Å². The van der Waals surface area contributed by atoms with Gasteiger partial charge >= 0.3 is 0 Å². The summed E-state index contributed by atoms with van der Waals surface area (Å²) in [5, 5.41) is 3.32. The van der Waals surface area contributed by atoms with Crippen LogP contribution in [0.5, 0.6) is 0 Å². The second-order valence-electron chi connectivity index (χ2n) is 7.05. The van der Waals surface area contributed by atoms with Crippen LogP contribution >= 0.6 is 0 Å². The average molecular weight is 341 g/mol. The first kappa shape index (κ1) is 17.7. The lowest BCUT2D eigenvalue weighted by molar-refractivity contribution is -0.134. The molecule has 0 saturated carbocycles. The fraction of sp³-hybridized carbons (Fsp3) is 0.500. The monoisotopic (exact) mass is 341 g/mol. The summed E-state index contributed by atoms with van der Waals surface area (Å²) in [4.78, 5) is 19.0. The Morgan fingerprint density at radius 2 is 1.92 bits per heavy atom. The second-order valence-corrected chi connectivity index (χ2v) is 7.05. The minimum atomic E-state index is -0.254. The second kappa shape index (κ2) is 7.83. The van der Waals surface area contributed by atoms with Crippen molar-refractivity contribution in [3.05, 3.63) is 42.4 Å². The molecular weight excluding hydrogens is 314 g/mol. The summed E-state index contributed by atoms with van der Waals surface area (Å²) in [5.74, 6) is 2.22. The third-order valence-corrected chi connectivity index (χ3v) is 4.92. The first-order valence-electron chi connectivity index (χ1n) is 9.10. The van der Waals surface area contributed by atoms with Crippen LogP contribution in [0.3, 0.4) is 0 Å². The van der Waals surface area contributed by atoms with Crippen LogP contribution in [0, 0.1) is 5.92 Å². The van der Waals surface area contributed by atoms with E-state index in [0.717, 1.165) is 43.2 Å². The van der Waals surface area contributed by atoms with Gasteiger partial charge in [-0.2, -0.15) is 0 Å². The fourth-order valence-corrected chi connectivity index (χ4v) is 3.24. The average Bonchev–Trinajstić information content (AvgIpc) is 3.13. The molecule has 0 bridgehead atoms. The zero-order valence-electron chi connectivity index (χ0n) is 15.2. The highest BCUT2D eigenvalue weighted by Gasteiger charge is 2.26. The van der Waals surface area contributed by atoms with E-state index in [4.69, 9.17) is 4.42 Å². The van der Waals surface area contributed by atoms with Gasteiger partial charge in [-0.1, -0.05) is 37.3 Å². The molecule has 0 aliphatic carbocycles. The molecule has 25 heavy (non-hydrogen) atoms. The lowest BCUT2D eigenvalue weighted by Gasteiger charge is -2.32. The van der Waals surface area contributed by atoms with Gasteiger partial charge in [0.25, 0.3) is 0 Å². The fourth-order valence-electron chi connectivity index (χ4n) is 3.24. The topological polar surface area (TPSA) is 58.4 Å². The Morgan fingerprint density at radius 1 is 1.24 bits per heavy atom. The van der Waals surface area contributed by atoms with Crippen LogP contribution in [0.2, 0.25) is 0 Å². The molecule has 1 N–H and O–H groups in total. The summed E-state index contributed by atoms with van der Waals surface area (Å²) in [6.45, 7) is 7.86. The maximum absolute atomic E-state index is 12.6. The van der Waals surface area contributed by atoms with Crippen molar-refractivity contribution in [1.82, 2.24) is 15.2 Å². The standard InChI is InChI=1S/C20H27N3O2/c1-14-9-11-23(12-10-14)20(24)16(3)22-15(2)19-21-13-18(25-19)17-7-5-4-6-8-17/h4-8,13-16,22H,9-12H2,1-3H3. The normalized spacial score (nSPS) is 18.1. The Balaban J connectivity index is 1.59. The number of amides is 1. The van der Waals surface area contributed by atoms with Gasteiger partial charge in [0, 0.05) is 18.7 Å². The van der Waals surface area contributed by atoms with E-state index >= 15 is 0 Å². The summed E-state index contributed by atoms with van der Waals surface area (Å²) >= 11 is 0. The molecule has 2 unspecified atom stereocenters. The Kier molecular flexibility index (Phi) is 5.53. The minimum absolute atomic E-state index is 0.125. The zero-order chi connectivity index (χ0) is 17.8. The largest absolute Gasteiger partial charge is 0.439 e. The van der Waals surface area contributed by atoms with Crippen molar-refractivity contribution in [1.29, 1.82) is 0 Å². The number of nitrogens with zero attached hydrogens (tertiary/aromatic N) is 2. The molecule has 1 aliphatic rings. The quantitative estimate of drug-likeness (QED) is 0.902. The molecular formula is C20H27N3O2. The van der Waals surface area contributed by atoms with Gasteiger partial charge in [-0.05, 0) is 32.6 Å². The highest BCUT2D eigenvalue weighted by molar-refractivity contribution is 5.81. The van der Waals surface area contributed by atoms with Crippen LogP contribution in [0.25, 0.3) is 11.3 Å². The zero-order valence-corrected chi connectivity index (χ0v) is 15.2. The number of carbonyl (C=O) groups excluding carboxylic acids is 1. The predicted molar refractivity (Wildman–Crippen MR) is 97.9 cm³/mol. The van der Waals surface area contributed by atoms with Gasteiger partial charge in [0.05, 0.1) is 18.3 Å². The molecule has 3 rings (SSSR count). The molecule has 2 aromatic rings. The number of hydrogen-bond donors (Lipinski definition) is 1. The van der Waals surface area contributed by atoms with E-state index < -0.39 is 0 Å². The number of oxazole rings is 1. The number of nitrogens with one attached hydrogen (secondary N) is 1. The molecule has 134 valence electrons. The number of aromatic nitrogens is 1. The van der Waals surface area contributed by atoms with Crippen molar-refractivity contribution in [3.8, 4) is 11.3 Å². The number of hydrogen-bond acceptors (Lipinski definition) is 4. The molecule has 2 heterocycles. The van der Waals surface area contributed by atoms with Crippen molar-refractivity contribution >= 4 is 5.91 Å². The molecule has 0 spiro atoms. The van der Waals surface area contributed by atoms with Crippen molar-refractivity contribution in [2.45, 2.75) is 45.7 Å². The smallest absolute Gasteiger partial charge is 0.239 e. The van der Waals surface area contributed by atoms with Gasteiger partial charge < -0.3 is 9.32 Å². The van der Waals surface area contributed by atoms with Gasteiger partial charge in [0.15, 0.2) is 5.76 Å². The van der Waals surface area contributed by atoms with Gasteiger partial charge in [-0.3, -0.25) is 10.1 Å². The van der Waals surface area contributed by atoms with E-state index in [-0.39, 0.29) is 18.0 Å². The summed E-state index contributed by atoms with van der Waals surface area (Å²) in [6.07, 6.45) is 3.92. The number of rotatable bonds is 5. The van der Waals surface area contributed by atoms with Crippen LogP contribution in [-0.4, -0.2) is 34.9 Å². The minimum Gasteiger partial charge on any atom is -0.439 e. The number of carbonyl (C=O) groups is 1. The van der Waals surface area contributed by atoms with E-state index in [1.54, 1.807) is 6.20 Å². The predicted octanol–water partition coefficient (Wildman–Crippen LogP) is 3.64. The van der Waals surface area contributed by atoms with E-state index in [1.807, 2.05) is 49.1 Å². The molecule has 2 atom stereocenters. The van der Waals surface area contributed by atoms with Gasteiger partial charge in [0.1, 0.15) is 0 Å². The Morgan fingerprint density at radius 3 is 2.60 bits per heavy atom. The first-order chi connectivity index (χ1) is 12.0. The van der Waals surface area contributed by atoms with Crippen molar-refractivity contribution in [2.75, 3.05) is 13.1 Å². The van der Waals surface area contributed by atoms with E-state index in [0.29, 0.717) is 5.89 Å². The van der Waals surface area contributed by atoms with E-state index in [9.17, 15) is 4.79 Å². The lowest BCUT2D eigenvalue weighted by Crippen LogP contribution is -2.48. The molecule has 1 aromatic heterocycles. The van der Waals surface area contributed by atoms with Gasteiger partial charge in [0.2, 0.25) is 11.8 Å². The highest BCUT2D eigenvalue weighted by atomic mass is 16.4. The Hall–Kier alpha value is -2.14. The van der Waals surface area contributed by atoms with Crippen molar-refractivity contribution in [2.24, 2.45) is 5.92 Å². The molecule has 1 fully saturated rings. The summed E-state index contributed by atoms with van der Waals surface area (Å²) in [6, 6.07) is 9.52. The SMILES string of the molecule is CC1CCN(C(=O)C(C)NC(C)c2ncc(-c3ccccc3)o2)CC1. The van der Waals surface area contributed by atoms with Crippen LogP contribution in [0.4, 0.5) is 0 Å². The van der Waals surface area contributed by atoms with Crippen LogP contribution in [0.15, 0.2) is 40.9 Å². The maximum Gasteiger partial charge on any atom is 0.239 e. The van der Waals surface area contributed by atoms with Crippen LogP contribution in [-0.2, 0) is 4.79 Å². The van der Waals surface area contributed by atoms with E-state index in [2.05, 4.69) is 17.2 Å². The molecule has 1 saturated heterocycles. The van der Waals surface area contributed by atoms with Gasteiger partial charge in [-0.15, -0.1) is 0 Å². The molecule has 5 heteroatoms. The van der Waals surface area contributed by atoms with E-state index in [1.165, 1.54) is 0 Å². The number of benzene rings is 1. The maximum atomic E-state index is 12.6. The summed E-state index contributed by atoms with van der Waals surface area (Å²) < 4.78 is 5.87. The third kappa shape index (κ3) is 4.28. The highest BCUT2D eigenvalue weighted by Crippen LogP contribution is 2.23. The van der Waals surface area contributed by atoms with Crippen molar-refractivity contribution in [3.63, 3.8) is 0 Å². The van der Waals surface area contributed by atoms with Crippen molar-refractivity contribution < 1.29 is 9.21 Å².